The molecule has 0 bridgehead atoms. The van der Waals surface area contributed by atoms with E-state index in [1.165, 1.54) is 12.1 Å². The number of benzene rings is 2. The van der Waals surface area contributed by atoms with E-state index in [2.05, 4.69) is 4.90 Å². The minimum absolute atomic E-state index is 0.0348. The van der Waals surface area contributed by atoms with Crippen molar-refractivity contribution < 1.29 is 9.18 Å². The molecule has 1 aliphatic rings. The van der Waals surface area contributed by atoms with E-state index in [0.29, 0.717) is 31.2 Å². The van der Waals surface area contributed by atoms with Crippen molar-refractivity contribution in [3.63, 3.8) is 0 Å². The Bertz CT molecular complexity index is 692. The fraction of sp³-hybridized carbons (Fsp3) is 0.235. The zero-order valence-corrected chi connectivity index (χ0v) is 13.3. The summed E-state index contributed by atoms with van der Waals surface area (Å²) in [5.74, 6) is -0.925. The Kier molecular flexibility index (Phi) is 4.39. The zero-order chi connectivity index (χ0) is 16.4. The maximum Gasteiger partial charge on any atom is 0.259 e. The van der Waals surface area contributed by atoms with Gasteiger partial charge in [0.2, 0.25) is 0 Å². The fourth-order valence-corrected chi connectivity index (χ4v) is 2.87. The van der Waals surface area contributed by atoms with Crippen molar-refractivity contribution in [2.75, 3.05) is 36.8 Å². The summed E-state index contributed by atoms with van der Waals surface area (Å²) in [5.41, 5.74) is 6.95. The molecular weight excluding hydrogens is 317 g/mol. The molecule has 3 rings (SSSR count). The number of halogens is 2. The largest absolute Gasteiger partial charge is 0.398 e. The van der Waals surface area contributed by atoms with Crippen molar-refractivity contribution in [2.45, 2.75) is 0 Å². The topological polar surface area (TPSA) is 49.6 Å². The summed E-state index contributed by atoms with van der Waals surface area (Å²) in [6.45, 7) is 2.41. The molecule has 0 aliphatic carbocycles. The number of nitrogen functional groups attached to an aromatic ring is 1. The molecule has 0 spiro atoms. The van der Waals surface area contributed by atoms with E-state index in [0.717, 1.165) is 5.69 Å². The Morgan fingerprint density at radius 2 is 1.70 bits per heavy atom. The first-order chi connectivity index (χ1) is 11.1. The molecule has 120 valence electrons. The molecule has 6 heteroatoms. The highest BCUT2D eigenvalue weighted by atomic mass is 35.5. The number of anilines is 2. The van der Waals surface area contributed by atoms with Gasteiger partial charge in [0.25, 0.3) is 5.91 Å². The van der Waals surface area contributed by atoms with E-state index in [1.807, 2.05) is 24.3 Å². The van der Waals surface area contributed by atoms with Crippen LogP contribution in [0.3, 0.4) is 0 Å². The molecule has 0 saturated carbocycles. The van der Waals surface area contributed by atoms with Crippen LogP contribution in [-0.4, -0.2) is 37.0 Å². The lowest BCUT2D eigenvalue weighted by Crippen LogP contribution is -2.49. The van der Waals surface area contributed by atoms with Gasteiger partial charge >= 0.3 is 0 Å². The third kappa shape index (κ3) is 3.24. The van der Waals surface area contributed by atoms with Crippen molar-refractivity contribution in [3.05, 3.63) is 58.9 Å². The number of rotatable bonds is 2. The van der Waals surface area contributed by atoms with Crippen molar-refractivity contribution in [1.29, 1.82) is 0 Å². The molecule has 1 aliphatic heterocycles. The normalized spacial score (nSPS) is 14.9. The Labute approximate surface area is 139 Å². The van der Waals surface area contributed by atoms with Crippen LogP contribution in [0.1, 0.15) is 10.4 Å². The first-order valence-corrected chi connectivity index (χ1v) is 7.78. The van der Waals surface area contributed by atoms with Gasteiger partial charge in [-0.3, -0.25) is 4.79 Å². The van der Waals surface area contributed by atoms with Crippen molar-refractivity contribution >= 4 is 28.9 Å². The van der Waals surface area contributed by atoms with Crippen LogP contribution >= 0.6 is 11.6 Å². The van der Waals surface area contributed by atoms with Gasteiger partial charge in [0.05, 0.1) is 5.56 Å². The van der Waals surface area contributed by atoms with Crippen LogP contribution in [0.2, 0.25) is 5.02 Å². The van der Waals surface area contributed by atoms with Gasteiger partial charge < -0.3 is 15.5 Å². The molecule has 4 nitrogen and oxygen atoms in total. The van der Waals surface area contributed by atoms with E-state index in [1.54, 1.807) is 11.0 Å². The average Bonchev–Trinajstić information content (AvgIpc) is 2.55. The number of nitrogens with zero attached hydrogens (tertiary/aromatic N) is 2. The molecule has 23 heavy (non-hydrogen) atoms. The van der Waals surface area contributed by atoms with Crippen LogP contribution in [0, 0.1) is 5.82 Å². The number of carbonyl (C=O) groups is 1. The number of piperazine rings is 1. The highest BCUT2D eigenvalue weighted by Gasteiger charge is 2.25. The molecule has 0 radical (unpaired) electrons. The molecule has 1 amide bonds. The van der Waals surface area contributed by atoms with Gasteiger partial charge in [0.1, 0.15) is 5.82 Å². The summed E-state index contributed by atoms with van der Waals surface area (Å²) >= 11 is 5.89. The second-order valence-electron chi connectivity index (χ2n) is 5.46. The quantitative estimate of drug-likeness (QED) is 0.859. The molecular formula is C17H17ClFN3O. The van der Waals surface area contributed by atoms with Gasteiger partial charge in [0, 0.05) is 42.6 Å². The maximum absolute atomic E-state index is 13.9. The summed E-state index contributed by atoms with van der Waals surface area (Å²) in [6, 6.07) is 11.9. The minimum Gasteiger partial charge on any atom is -0.398 e. The molecule has 2 aromatic carbocycles. The lowest BCUT2D eigenvalue weighted by Gasteiger charge is -2.36. The van der Waals surface area contributed by atoms with Gasteiger partial charge in [-0.1, -0.05) is 17.7 Å². The standard InChI is InChI=1S/C17H17ClFN3O/c18-12-4-6-13(7-5-12)21-8-10-22(11-9-21)17(23)16-14(19)2-1-3-15(16)20/h1-7H,8-11,20H2. The maximum atomic E-state index is 13.9. The lowest BCUT2D eigenvalue weighted by atomic mass is 10.1. The van der Waals surface area contributed by atoms with E-state index < -0.39 is 5.82 Å². The van der Waals surface area contributed by atoms with E-state index in [-0.39, 0.29) is 17.2 Å². The second kappa shape index (κ2) is 6.46. The lowest BCUT2D eigenvalue weighted by molar-refractivity contribution is 0.0743. The molecule has 2 aromatic rings. The summed E-state index contributed by atoms with van der Waals surface area (Å²) in [5, 5.41) is 0.692. The van der Waals surface area contributed by atoms with E-state index in [9.17, 15) is 9.18 Å². The van der Waals surface area contributed by atoms with Crippen LogP contribution in [0.25, 0.3) is 0 Å². The number of hydrogen-bond donors (Lipinski definition) is 1. The molecule has 1 heterocycles. The Morgan fingerprint density at radius 3 is 2.30 bits per heavy atom. The molecule has 0 aromatic heterocycles. The van der Waals surface area contributed by atoms with Gasteiger partial charge in [-0.2, -0.15) is 0 Å². The van der Waals surface area contributed by atoms with Gasteiger partial charge in [-0.05, 0) is 36.4 Å². The monoisotopic (exact) mass is 333 g/mol. The van der Waals surface area contributed by atoms with Crippen molar-refractivity contribution in [1.82, 2.24) is 4.90 Å². The second-order valence-corrected chi connectivity index (χ2v) is 5.90. The summed E-state index contributed by atoms with van der Waals surface area (Å²) in [6.07, 6.45) is 0. The van der Waals surface area contributed by atoms with Crippen LogP contribution < -0.4 is 10.6 Å². The van der Waals surface area contributed by atoms with E-state index in [4.69, 9.17) is 17.3 Å². The Morgan fingerprint density at radius 1 is 1.04 bits per heavy atom. The number of hydrogen-bond acceptors (Lipinski definition) is 3. The number of carbonyl (C=O) groups excluding carboxylic acids is 1. The van der Waals surface area contributed by atoms with Crippen LogP contribution in [0.5, 0.6) is 0 Å². The smallest absolute Gasteiger partial charge is 0.259 e. The highest BCUT2D eigenvalue weighted by molar-refractivity contribution is 6.30. The molecule has 0 unspecified atom stereocenters. The summed E-state index contributed by atoms with van der Waals surface area (Å²) in [4.78, 5) is 16.3. The van der Waals surface area contributed by atoms with Crippen LogP contribution in [0.15, 0.2) is 42.5 Å². The van der Waals surface area contributed by atoms with Crippen LogP contribution in [-0.2, 0) is 0 Å². The van der Waals surface area contributed by atoms with Crippen molar-refractivity contribution in [3.8, 4) is 0 Å². The van der Waals surface area contributed by atoms with Crippen molar-refractivity contribution in [2.24, 2.45) is 0 Å². The first-order valence-electron chi connectivity index (χ1n) is 7.40. The summed E-state index contributed by atoms with van der Waals surface area (Å²) < 4.78 is 13.9. The number of amides is 1. The zero-order valence-electron chi connectivity index (χ0n) is 12.5. The molecule has 2 N–H and O–H groups in total. The SMILES string of the molecule is Nc1cccc(F)c1C(=O)N1CCN(c2ccc(Cl)cc2)CC1. The third-order valence-electron chi connectivity index (χ3n) is 4.02. The highest BCUT2D eigenvalue weighted by Crippen LogP contribution is 2.22. The Balaban J connectivity index is 1.69. The minimum atomic E-state index is -0.574. The predicted molar refractivity (Wildman–Crippen MR) is 90.4 cm³/mol. The van der Waals surface area contributed by atoms with Crippen LogP contribution in [0.4, 0.5) is 15.8 Å². The molecule has 1 saturated heterocycles. The third-order valence-corrected chi connectivity index (χ3v) is 4.27. The molecule has 1 fully saturated rings. The Hall–Kier alpha value is -2.27. The predicted octanol–water partition coefficient (Wildman–Crippen LogP) is 3.02. The fourth-order valence-electron chi connectivity index (χ4n) is 2.74. The first kappa shape index (κ1) is 15.6. The molecule has 0 atom stereocenters. The van der Waals surface area contributed by atoms with E-state index >= 15 is 0 Å². The average molecular weight is 334 g/mol. The van der Waals surface area contributed by atoms with Gasteiger partial charge in [0.15, 0.2) is 0 Å². The number of nitrogens with two attached hydrogens (primary N) is 1. The summed E-state index contributed by atoms with van der Waals surface area (Å²) in [7, 11) is 0. The van der Waals surface area contributed by atoms with Gasteiger partial charge in [-0.25, -0.2) is 4.39 Å². The van der Waals surface area contributed by atoms with Gasteiger partial charge in [-0.15, -0.1) is 0 Å².